The van der Waals surface area contributed by atoms with Crippen LogP contribution in [0.4, 0.5) is 13.2 Å². The molecular weight excluding hydrogens is 275 g/mol. The summed E-state index contributed by atoms with van der Waals surface area (Å²) in [6.45, 7) is 0.671. The van der Waals surface area contributed by atoms with Crippen molar-refractivity contribution in [3.8, 4) is 0 Å². The van der Waals surface area contributed by atoms with Gasteiger partial charge in [0, 0.05) is 25.5 Å². The van der Waals surface area contributed by atoms with Crippen LogP contribution in [0.3, 0.4) is 0 Å². The maximum absolute atomic E-state index is 12.6. The fourth-order valence-electron chi connectivity index (χ4n) is 2.11. The highest BCUT2D eigenvalue weighted by Gasteiger charge is 2.36. The molecule has 3 heterocycles. The van der Waals surface area contributed by atoms with Crippen LogP contribution >= 0.6 is 0 Å². The summed E-state index contributed by atoms with van der Waals surface area (Å²) in [6.07, 6.45) is -2.05. The predicted molar refractivity (Wildman–Crippen MR) is 60.6 cm³/mol. The number of carbonyl (C=O) groups is 1. The Labute approximate surface area is 111 Å². The van der Waals surface area contributed by atoms with Crippen LogP contribution in [0.15, 0.2) is 18.5 Å². The Hall–Kier alpha value is -2.32. The van der Waals surface area contributed by atoms with Crippen LogP contribution in [-0.2, 0) is 19.3 Å². The second-order valence-electron chi connectivity index (χ2n) is 4.43. The van der Waals surface area contributed by atoms with Gasteiger partial charge >= 0.3 is 6.18 Å². The van der Waals surface area contributed by atoms with Crippen molar-refractivity contribution in [3.63, 3.8) is 0 Å². The zero-order chi connectivity index (χ0) is 14.3. The van der Waals surface area contributed by atoms with E-state index < -0.39 is 11.9 Å². The van der Waals surface area contributed by atoms with Gasteiger partial charge in [0.1, 0.15) is 11.5 Å². The van der Waals surface area contributed by atoms with Crippen LogP contribution in [0, 0.1) is 0 Å². The standard InChI is InChI=1S/C11H10F3N5O/c12-11(13,14)8-5-18-3-4-19(6-9(18)16-8)10(20)7-1-2-15-17-7/h1-2,5H,3-4,6H2,(H,15,17). The van der Waals surface area contributed by atoms with Crippen molar-refractivity contribution in [1.29, 1.82) is 0 Å². The molecular formula is C11H10F3N5O. The lowest BCUT2D eigenvalue weighted by Crippen LogP contribution is -2.38. The summed E-state index contributed by atoms with van der Waals surface area (Å²) in [7, 11) is 0. The molecule has 0 unspecified atom stereocenters. The number of amides is 1. The minimum Gasteiger partial charge on any atom is -0.331 e. The zero-order valence-electron chi connectivity index (χ0n) is 10.2. The summed E-state index contributed by atoms with van der Waals surface area (Å²) in [5, 5.41) is 6.22. The van der Waals surface area contributed by atoms with Crippen molar-refractivity contribution in [2.75, 3.05) is 6.54 Å². The fourth-order valence-corrected chi connectivity index (χ4v) is 2.11. The Balaban J connectivity index is 1.82. The number of hydrogen-bond acceptors (Lipinski definition) is 3. The average molecular weight is 285 g/mol. The van der Waals surface area contributed by atoms with Crippen molar-refractivity contribution in [2.24, 2.45) is 0 Å². The van der Waals surface area contributed by atoms with Gasteiger partial charge in [0.05, 0.1) is 6.54 Å². The first-order valence-corrected chi connectivity index (χ1v) is 5.87. The van der Waals surface area contributed by atoms with Crippen molar-refractivity contribution < 1.29 is 18.0 Å². The summed E-state index contributed by atoms with van der Waals surface area (Å²) >= 11 is 0. The van der Waals surface area contributed by atoms with E-state index in [1.807, 2.05) is 0 Å². The van der Waals surface area contributed by atoms with Crippen LogP contribution in [0.25, 0.3) is 0 Å². The molecule has 1 aliphatic heterocycles. The molecule has 0 radical (unpaired) electrons. The van der Waals surface area contributed by atoms with Crippen molar-refractivity contribution in [3.05, 3.63) is 35.7 Å². The minimum absolute atomic E-state index is 0.0495. The molecule has 0 saturated heterocycles. The lowest BCUT2D eigenvalue weighted by molar-refractivity contribution is -0.141. The molecule has 20 heavy (non-hydrogen) atoms. The lowest BCUT2D eigenvalue weighted by Gasteiger charge is -2.27. The van der Waals surface area contributed by atoms with Gasteiger partial charge in [-0.25, -0.2) is 4.98 Å². The maximum Gasteiger partial charge on any atom is 0.434 e. The Morgan fingerprint density at radius 3 is 2.80 bits per heavy atom. The first-order valence-electron chi connectivity index (χ1n) is 5.87. The number of nitrogens with one attached hydrogen (secondary N) is 1. The number of fused-ring (bicyclic) bond motifs is 1. The third kappa shape index (κ3) is 2.15. The van der Waals surface area contributed by atoms with Gasteiger partial charge in [-0.1, -0.05) is 0 Å². The Kier molecular flexibility index (Phi) is 2.77. The van der Waals surface area contributed by atoms with Gasteiger partial charge in [-0.2, -0.15) is 18.3 Å². The smallest absolute Gasteiger partial charge is 0.331 e. The highest BCUT2D eigenvalue weighted by molar-refractivity contribution is 5.92. The monoisotopic (exact) mass is 285 g/mol. The molecule has 1 N–H and O–H groups in total. The summed E-state index contributed by atoms with van der Waals surface area (Å²) in [6, 6.07) is 1.52. The van der Waals surface area contributed by atoms with E-state index in [4.69, 9.17) is 0 Å². The van der Waals surface area contributed by atoms with Crippen LogP contribution < -0.4 is 0 Å². The fraction of sp³-hybridized carbons (Fsp3) is 0.364. The summed E-state index contributed by atoms with van der Waals surface area (Å²) in [5.41, 5.74) is -0.621. The third-order valence-electron chi connectivity index (χ3n) is 3.11. The third-order valence-corrected chi connectivity index (χ3v) is 3.11. The highest BCUT2D eigenvalue weighted by Crippen LogP contribution is 2.29. The van der Waals surface area contributed by atoms with Gasteiger partial charge in [0.25, 0.3) is 5.91 Å². The highest BCUT2D eigenvalue weighted by atomic mass is 19.4. The second-order valence-corrected chi connectivity index (χ2v) is 4.43. The molecule has 1 aliphatic rings. The molecule has 106 valence electrons. The summed E-state index contributed by atoms with van der Waals surface area (Å²) in [4.78, 5) is 17.1. The van der Waals surface area contributed by atoms with Crippen LogP contribution in [0.1, 0.15) is 22.0 Å². The Bertz CT molecular complexity index is 631. The number of hydrogen-bond donors (Lipinski definition) is 1. The van der Waals surface area contributed by atoms with Gasteiger partial charge < -0.3 is 9.47 Å². The topological polar surface area (TPSA) is 66.8 Å². The normalized spacial score (nSPS) is 15.2. The number of aromatic amines is 1. The minimum atomic E-state index is -4.47. The van der Waals surface area contributed by atoms with E-state index in [2.05, 4.69) is 15.2 Å². The molecule has 0 aromatic carbocycles. The molecule has 0 aliphatic carbocycles. The van der Waals surface area contributed by atoms with Crippen molar-refractivity contribution in [2.45, 2.75) is 19.3 Å². The quantitative estimate of drug-likeness (QED) is 0.858. The second kappa shape index (κ2) is 4.36. The Morgan fingerprint density at radius 2 is 2.15 bits per heavy atom. The first-order chi connectivity index (χ1) is 9.45. The van der Waals surface area contributed by atoms with Gasteiger partial charge in [-0.15, -0.1) is 0 Å². The van der Waals surface area contributed by atoms with E-state index in [1.54, 1.807) is 0 Å². The zero-order valence-corrected chi connectivity index (χ0v) is 10.2. The largest absolute Gasteiger partial charge is 0.434 e. The number of imidazole rings is 1. The molecule has 2 aromatic rings. The van der Waals surface area contributed by atoms with Crippen LogP contribution in [0.2, 0.25) is 0 Å². The maximum atomic E-state index is 12.6. The van der Waals surface area contributed by atoms with E-state index in [0.717, 1.165) is 6.20 Å². The van der Waals surface area contributed by atoms with E-state index in [1.165, 1.54) is 21.7 Å². The molecule has 2 aromatic heterocycles. The molecule has 6 nitrogen and oxygen atoms in total. The first kappa shape index (κ1) is 12.7. The van der Waals surface area contributed by atoms with Gasteiger partial charge in [0.15, 0.2) is 5.69 Å². The van der Waals surface area contributed by atoms with E-state index in [9.17, 15) is 18.0 Å². The molecule has 0 bridgehead atoms. The number of nitrogens with zero attached hydrogens (tertiary/aromatic N) is 4. The van der Waals surface area contributed by atoms with Gasteiger partial charge in [-0.05, 0) is 6.07 Å². The van der Waals surface area contributed by atoms with E-state index >= 15 is 0 Å². The van der Waals surface area contributed by atoms with E-state index in [-0.39, 0.29) is 24.8 Å². The number of H-pyrrole nitrogens is 1. The predicted octanol–water partition coefficient (Wildman–Crippen LogP) is 1.28. The average Bonchev–Trinajstić information content (AvgIpc) is 3.05. The molecule has 0 saturated carbocycles. The molecule has 3 rings (SSSR count). The number of alkyl halides is 3. The molecule has 0 spiro atoms. The van der Waals surface area contributed by atoms with Crippen molar-refractivity contribution in [1.82, 2.24) is 24.6 Å². The van der Waals surface area contributed by atoms with Crippen LogP contribution in [-0.4, -0.2) is 37.1 Å². The van der Waals surface area contributed by atoms with Gasteiger partial charge in [0.2, 0.25) is 0 Å². The molecule has 0 fully saturated rings. The summed E-state index contributed by atoms with van der Waals surface area (Å²) < 4.78 is 39.2. The van der Waals surface area contributed by atoms with Crippen molar-refractivity contribution >= 4 is 5.91 Å². The van der Waals surface area contributed by atoms with Crippen LogP contribution in [0.5, 0.6) is 0 Å². The number of carbonyl (C=O) groups excluding carboxylic acids is 1. The number of halogens is 3. The summed E-state index contributed by atoms with van der Waals surface area (Å²) in [5.74, 6) is -0.0678. The van der Waals surface area contributed by atoms with Gasteiger partial charge in [-0.3, -0.25) is 9.89 Å². The molecule has 1 amide bonds. The molecule has 0 atom stereocenters. The number of aromatic nitrogens is 4. The number of rotatable bonds is 1. The SMILES string of the molecule is O=C(c1ccn[nH]1)N1CCn2cc(C(F)(F)F)nc2C1. The Morgan fingerprint density at radius 1 is 1.35 bits per heavy atom. The van der Waals surface area contributed by atoms with E-state index in [0.29, 0.717) is 12.2 Å². The lowest BCUT2D eigenvalue weighted by atomic mass is 10.3. The molecule has 9 heteroatoms.